The van der Waals surface area contributed by atoms with E-state index in [-0.39, 0.29) is 6.61 Å². The van der Waals surface area contributed by atoms with E-state index in [1.165, 1.54) is 0 Å². The first-order chi connectivity index (χ1) is 6.77. The van der Waals surface area contributed by atoms with Crippen molar-refractivity contribution in [1.82, 2.24) is 0 Å². The molecule has 0 amide bonds. The van der Waals surface area contributed by atoms with Crippen LogP contribution in [-0.2, 0) is 11.3 Å². The fraction of sp³-hybridized carbons (Fsp3) is 0.222. The Morgan fingerprint density at radius 3 is 3.07 bits per heavy atom. The molecule has 72 valence electrons. The van der Waals surface area contributed by atoms with E-state index in [4.69, 9.17) is 9.39 Å². The second-order valence-corrected chi connectivity index (χ2v) is 3.03. The summed E-state index contributed by atoms with van der Waals surface area (Å²) < 4.78 is 10.1. The predicted molar refractivity (Wildman–Crippen MR) is 50.8 cm³/mol. The van der Waals surface area contributed by atoms with Crippen LogP contribution in [-0.4, -0.2) is 25.5 Å². The molecule has 0 saturated heterocycles. The van der Waals surface area contributed by atoms with Gasteiger partial charge in [0.25, 0.3) is 0 Å². The molecule has 0 spiro atoms. The number of methoxy groups -OCH3 is 1. The van der Waals surface area contributed by atoms with Gasteiger partial charge < -0.3 is 14.4 Å². The molecule has 0 fully saturated rings. The van der Waals surface area contributed by atoms with Crippen molar-refractivity contribution in [2.45, 2.75) is 6.61 Å². The molecule has 4 nitrogen and oxygen atoms in total. The average Bonchev–Trinajstić information content (AvgIpc) is 2.60. The number of hydrogen-bond donors (Lipinski definition) is 1. The van der Waals surface area contributed by atoms with Crippen molar-refractivity contribution in [3.05, 3.63) is 23.3 Å². The van der Waals surface area contributed by atoms with Gasteiger partial charge in [0, 0.05) is 16.6 Å². The summed E-state index contributed by atoms with van der Waals surface area (Å²) in [5.74, 6) is 0.641. The fourth-order valence-corrected chi connectivity index (χ4v) is 1.64. The summed E-state index contributed by atoms with van der Waals surface area (Å²) in [6, 6.07) is 3.31. The summed E-state index contributed by atoms with van der Waals surface area (Å²) in [5.41, 5.74) is 1.73. The van der Waals surface area contributed by atoms with E-state index in [1.807, 2.05) is 0 Å². The molecule has 0 unspecified atom stereocenters. The van der Waals surface area contributed by atoms with E-state index in [1.54, 1.807) is 19.2 Å². The Morgan fingerprint density at radius 1 is 1.64 bits per heavy atom. The molecule has 2 rings (SSSR count). The molecule has 1 aromatic carbocycles. The lowest BCUT2D eigenvalue weighted by Gasteiger charge is -2.07. The van der Waals surface area contributed by atoms with Gasteiger partial charge >= 0.3 is 7.12 Å². The summed E-state index contributed by atoms with van der Waals surface area (Å²) in [7, 11) is 0.529. The van der Waals surface area contributed by atoms with Gasteiger partial charge in [-0.2, -0.15) is 0 Å². The van der Waals surface area contributed by atoms with Crippen LogP contribution >= 0.6 is 0 Å². The first-order valence-corrected chi connectivity index (χ1v) is 4.22. The Balaban J connectivity index is 2.62. The predicted octanol–water partition coefficient (Wildman–Crippen LogP) is -0.275. The summed E-state index contributed by atoms with van der Waals surface area (Å²) in [6.07, 6.45) is 0.705. The Bertz CT molecular complexity index is 377. The van der Waals surface area contributed by atoms with Crippen LogP contribution in [0.25, 0.3) is 0 Å². The Labute approximate surface area is 81.6 Å². The highest BCUT2D eigenvalue weighted by Crippen LogP contribution is 2.23. The molecule has 1 heterocycles. The van der Waals surface area contributed by atoms with Crippen molar-refractivity contribution < 1.29 is 19.2 Å². The Morgan fingerprint density at radius 2 is 2.43 bits per heavy atom. The van der Waals surface area contributed by atoms with Crippen LogP contribution in [0, 0.1) is 0 Å². The number of carbonyl (C=O) groups is 1. The molecule has 1 aromatic rings. The third-order valence-corrected chi connectivity index (χ3v) is 2.33. The maximum atomic E-state index is 10.7. The minimum Gasteiger partial charge on any atom is -0.496 e. The second kappa shape index (κ2) is 3.44. The van der Waals surface area contributed by atoms with Crippen LogP contribution < -0.4 is 10.2 Å². The highest BCUT2D eigenvalue weighted by atomic mass is 16.5. The largest absolute Gasteiger partial charge is 0.496 e. The van der Waals surface area contributed by atoms with Crippen molar-refractivity contribution in [2.75, 3.05) is 7.11 Å². The van der Waals surface area contributed by atoms with E-state index in [2.05, 4.69) is 0 Å². The third kappa shape index (κ3) is 1.22. The number of carbonyl (C=O) groups excluding carboxylic acids is 1. The smallest absolute Gasteiger partial charge is 0.492 e. The number of benzene rings is 1. The molecule has 14 heavy (non-hydrogen) atoms. The second-order valence-electron chi connectivity index (χ2n) is 3.03. The van der Waals surface area contributed by atoms with Gasteiger partial charge in [0.1, 0.15) is 12.0 Å². The van der Waals surface area contributed by atoms with E-state index < -0.39 is 7.12 Å². The molecular weight excluding hydrogens is 183 g/mol. The Hall–Kier alpha value is -1.33. The maximum Gasteiger partial charge on any atom is 0.492 e. The first-order valence-electron chi connectivity index (χ1n) is 4.22. The molecule has 0 aromatic heterocycles. The van der Waals surface area contributed by atoms with Gasteiger partial charge in [0.2, 0.25) is 0 Å². The number of aldehydes is 1. The van der Waals surface area contributed by atoms with Crippen LogP contribution in [0.2, 0.25) is 0 Å². The summed E-state index contributed by atoms with van der Waals surface area (Å²) in [6.45, 7) is 0.279. The molecule has 1 aliphatic rings. The average molecular weight is 192 g/mol. The zero-order chi connectivity index (χ0) is 10.1. The highest BCUT2D eigenvalue weighted by molar-refractivity contribution is 6.63. The lowest BCUT2D eigenvalue weighted by atomic mass is 9.76. The molecule has 0 aliphatic carbocycles. The molecule has 0 radical (unpaired) electrons. The standard InChI is InChI=1S/C9H9BO4/c1-13-8-3-2-6(4-11)9-7(8)5-14-10(9)12/h2-4,12H,5H2,1H3. The number of rotatable bonds is 2. The molecule has 0 bridgehead atoms. The monoisotopic (exact) mass is 192 g/mol. The zero-order valence-corrected chi connectivity index (χ0v) is 7.69. The fourth-order valence-electron chi connectivity index (χ4n) is 1.64. The summed E-state index contributed by atoms with van der Waals surface area (Å²) >= 11 is 0. The zero-order valence-electron chi connectivity index (χ0n) is 7.69. The number of fused-ring (bicyclic) bond motifs is 1. The minimum absolute atomic E-state index is 0.279. The quantitative estimate of drug-likeness (QED) is 0.517. The third-order valence-electron chi connectivity index (χ3n) is 2.33. The van der Waals surface area contributed by atoms with Crippen LogP contribution in [0.5, 0.6) is 5.75 Å². The van der Waals surface area contributed by atoms with Gasteiger partial charge in [-0.15, -0.1) is 0 Å². The summed E-state index contributed by atoms with van der Waals surface area (Å²) in [5, 5.41) is 9.48. The molecule has 1 N–H and O–H groups in total. The maximum absolute atomic E-state index is 10.7. The van der Waals surface area contributed by atoms with Crippen molar-refractivity contribution in [2.24, 2.45) is 0 Å². The topological polar surface area (TPSA) is 55.8 Å². The van der Waals surface area contributed by atoms with E-state index >= 15 is 0 Å². The molecule has 5 heteroatoms. The van der Waals surface area contributed by atoms with Crippen molar-refractivity contribution in [1.29, 1.82) is 0 Å². The van der Waals surface area contributed by atoms with Crippen LogP contribution in [0.15, 0.2) is 12.1 Å². The normalized spacial score (nSPS) is 14.0. The molecule has 1 aliphatic heterocycles. The van der Waals surface area contributed by atoms with E-state index in [0.717, 1.165) is 5.56 Å². The van der Waals surface area contributed by atoms with Gasteiger partial charge in [-0.1, -0.05) is 0 Å². The van der Waals surface area contributed by atoms with Crippen LogP contribution in [0.3, 0.4) is 0 Å². The lowest BCUT2D eigenvalue weighted by Crippen LogP contribution is -2.31. The minimum atomic E-state index is -1.01. The van der Waals surface area contributed by atoms with Crippen LogP contribution in [0.4, 0.5) is 0 Å². The van der Waals surface area contributed by atoms with E-state index in [9.17, 15) is 9.82 Å². The van der Waals surface area contributed by atoms with Gasteiger partial charge in [0.05, 0.1) is 13.7 Å². The highest BCUT2D eigenvalue weighted by Gasteiger charge is 2.32. The number of ether oxygens (including phenoxy) is 1. The SMILES string of the molecule is COc1ccc(C=O)c2c1COB2O. The van der Waals surface area contributed by atoms with Crippen molar-refractivity contribution in [3.8, 4) is 5.75 Å². The summed E-state index contributed by atoms with van der Waals surface area (Å²) in [4.78, 5) is 10.7. The van der Waals surface area contributed by atoms with Crippen molar-refractivity contribution >= 4 is 18.9 Å². The van der Waals surface area contributed by atoms with Gasteiger partial charge in [-0.25, -0.2) is 0 Å². The molecular formula is C9H9BO4. The Kier molecular flexibility index (Phi) is 2.27. The number of hydrogen-bond acceptors (Lipinski definition) is 4. The van der Waals surface area contributed by atoms with Crippen LogP contribution in [0.1, 0.15) is 15.9 Å². The molecule has 0 atom stereocenters. The van der Waals surface area contributed by atoms with E-state index in [0.29, 0.717) is 23.1 Å². The molecule has 0 saturated carbocycles. The van der Waals surface area contributed by atoms with Gasteiger partial charge in [-0.3, -0.25) is 4.79 Å². The first kappa shape index (κ1) is 9.24. The van der Waals surface area contributed by atoms with Crippen molar-refractivity contribution in [3.63, 3.8) is 0 Å². The van der Waals surface area contributed by atoms with Gasteiger partial charge in [0.15, 0.2) is 0 Å². The lowest BCUT2D eigenvalue weighted by molar-refractivity contribution is 0.112. The van der Waals surface area contributed by atoms with Gasteiger partial charge in [-0.05, 0) is 12.1 Å².